The minimum atomic E-state index is -0.889. The van der Waals surface area contributed by atoms with Crippen LogP contribution in [-0.2, 0) is 11.8 Å². The molecule has 0 amide bonds. The highest BCUT2D eigenvalue weighted by atomic mass is 16.4. The second kappa shape index (κ2) is 6.51. The average molecular weight is 334 g/mol. The molecule has 0 atom stereocenters. The van der Waals surface area contributed by atoms with Gasteiger partial charge in [-0.2, -0.15) is 0 Å². The van der Waals surface area contributed by atoms with Gasteiger partial charge in [0.15, 0.2) is 0 Å². The maximum atomic E-state index is 11.0. The maximum Gasteiger partial charge on any atom is 0.335 e. The SMILES string of the molecule is CC(=Cc1ccc(C(=O)O)cc1)c1cc2c(cc1C)CCCC2(C)C. The molecule has 0 saturated carbocycles. The van der Waals surface area contributed by atoms with E-state index < -0.39 is 5.97 Å². The van der Waals surface area contributed by atoms with Gasteiger partial charge in [0.05, 0.1) is 5.56 Å². The minimum absolute atomic E-state index is 0.236. The van der Waals surface area contributed by atoms with Crippen LogP contribution in [0.1, 0.15) is 71.8 Å². The average Bonchev–Trinajstić information content (AvgIpc) is 2.54. The molecular formula is C23H26O2. The van der Waals surface area contributed by atoms with Gasteiger partial charge in [0.25, 0.3) is 0 Å². The maximum absolute atomic E-state index is 11.0. The lowest BCUT2D eigenvalue weighted by atomic mass is 9.71. The first-order chi connectivity index (χ1) is 11.8. The third kappa shape index (κ3) is 3.53. The fourth-order valence-corrected chi connectivity index (χ4v) is 3.93. The van der Waals surface area contributed by atoms with Crippen LogP contribution < -0.4 is 0 Å². The molecule has 0 aromatic heterocycles. The van der Waals surface area contributed by atoms with Crippen LogP contribution in [0.25, 0.3) is 11.6 Å². The van der Waals surface area contributed by atoms with Crippen LogP contribution in [0.4, 0.5) is 0 Å². The molecule has 1 aliphatic rings. The van der Waals surface area contributed by atoms with E-state index in [1.165, 1.54) is 47.1 Å². The Balaban J connectivity index is 1.99. The number of aromatic carboxylic acids is 1. The molecule has 0 bridgehead atoms. The lowest BCUT2D eigenvalue weighted by molar-refractivity contribution is 0.0697. The van der Waals surface area contributed by atoms with Gasteiger partial charge in [-0.25, -0.2) is 4.79 Å². The second-order valence-corrected chi connectivity index (χ2v) is 7.82. The van der Waals surface area contributed by atoms with E-state index in [9.17, 15) is 4.79 Å². The minimum Gasteiger partial charge on any atom is -0.478 e. The molecule has 3 rings (SSSR count). The highest BCUT2D eigenvalue weighted by Crippen LogP contribution is 2.39. The summed E-state index contributed by atoms with van der Waals surface area (Å²) >= 11 is 0. The standard InChI is InChI=1S/C23H26O2/c1-15(12-17-7-9-18(10-8-17)22(24)25)20-14-21-19(13-16(20)2)6-5-11-23(21,3)4/h7-10,12-14H,5-6,11H2,1-4H3,(H,24,25). The summed E-state index contributed by atoms with van der Waals surface area (Å²) in [6.45, 7) is 9.00. The van der Waals surface area contributed by atoms with Gasteiger partial charge >= 0.3 is 5.97 Å². The molecule has 2 nitrogen and oxygen atoms in total. The fraction of sp³-hybridized carbons (Fsp3) is 0.348. The summed E-state index contributed by atoms with van der Waals surface area (Å²) in [6.07, 6.45) is 5.82. The number of carbonyl (C=O) groups is 1. The zero-order valence-electron chi connectivity index (χ0n) is 15.5. The molecule has 0 saturated heterocycles. The summed E-state index contributed by atoms with van der Waals surface area (Å²) in [4.78, 5) is 11.0. The number of fused-ring (bicyclic) bond motifs is 1. The smallest absolute Gasteiger partial charge is 0.335 e. The molecular weight excluding hydrogens is 308 g/mol. The molecule has 2 aromatic carbocycles. The molecule has 0 unspecified atom stereocenters. The predicted octanol–water partition coefficient (Wildman–Crippen LogP) is 5.87. The van der Waals surface area contributed by atoms with E-state index in [1.54, 1.807) is 12.1 Å². The highest BCUT2D eigenvalue weighted by Gasteiger charge is 2.28. The first kappa shape index (κ1) is 17.5. The Morgan fingerprint density at radius 3 is 2.48 bits per heavy atom. The van der Waals surface area contributed by atoms with Crippen LogP contribution in [0.5, 0.6) is 0 Å². The van der Waals surface area contributed by atoms with Crippen molar-refractivity contribution >= 4 is 17.6 Å². The van der Waals surface area contributed by atoms with Crippen molar-refractivity contribution in [2.75, 3.05) is 0 Å². The summed E-state index contributed by atoms with van der Waals surface area (Å²) in [5, 5.41) is 9.02. The van der Waals surface area contributed by atoms with Gasteiger partial charge in [-0.3, -0.25) is 0 Å². The van der Waals surface area contributed by atoms with Gasteiger partial charge in [-0.1, -0.05) is 44.2 Å². The quantitative estimate of drug-likeness (QED) is 0.713. The van der Waals surface area contributed by atoms with Crippen LogP contribution in [0, 0.1) is 6.92 Å². The first-order valence-corrected chi connectivity index (χ1v) is 8.94. The number of aryl methyl sites for hydroxylation is 2. The second-order valence-electron chi connectivity index (χ2n) is 7.82. The van der Waals surface area contributed by atoms with Crippen molar-refractivity contribution < 1.29 is 9.90 Å². The number of hydrogen-bond acceptors (Lipinski definition) is 1. The van der Waals surface area contributed by atoms with Crippen molar-refractivity contribution in [1.82, 2.24) is 0 Å². The van der Waals surface area contributed by atoms with E-state index in [-0.39, 0.29) is 5.41 Å². The van der Waals surface area contributed by atoms with Gasteiger partial charge in [0.2, 0.25) is 0 Å². The van der Waals surface area contributed by atoms with Crippen molar-refractivity contribution in [2.24, 2.45) is 0 Å². The summed E-state index contributed by atoms with van der Waals surface area (Å²) in [7, 11) is 0. The molecule has 0 spiro atoms. The molecule has 25 heavy (non-hydrogen) atoms. The fourth-order valence-electron chi connectivity index (χ4n) is 3.93. The summed E-state index contributed by atoms with van der Waals surface area (Å²) in [6, 6.07) is 11.8. The number of benzene rings is 2. The molecule has 130 valence electrons. The van der Waals surface area contributed by atoms with Crippen molar-refractivity contribution in [2.45, 2.75) is 52.4 Å². The zero-order valence-corrected chi connectivity index (χ0v) is 15.5. The number of allylic oxidation sites excluding steroid dienone is 1. The Hall–Kier alpha value is -2.35. The lowest BCUT2D eigenvalue weighted by Gasteiger charge is -2.33. The molecule has 0 radical (unpaired) electrons. The molecule has 0 aliphatic heterocycles. The van der Waals surface area contributed by atoms with Gasteiger partial charge in [0.1, 0.15) is 0 Å². The Labute approximate surface area is 150 Å². The predicted molar refractivity (Wildman–Crippen MR) is 104 cm³/mol. The molecule has 0 fully saturated rings. The first-order valence-electron chi connectivity index (χ1n) is 8.94. The van der Waals surface area contributed by atoms with Crippen LogP contribution in [0.3, 0.4) is 0 Å². The normalized spacial score (nSPS) is 16.4. The monoisotopic (exact) mass is 334 g/mol. The van der Waals surface area contributed by atoms with Gasteiger partial charge in [-0.05, 0) is 84.0 Å². The Kier molecular flexibility index (Phi) is 4.55. The Morgan fingerprint density at radius 1 is 1.16 bits per heavy atom. The number of rotatable bonds is 3. The van der Waals surface area contributed by atoms with Crippen LogP contribution in [0.2, 0.25) is 0 Å². The van der Waals surface area contributed by atoms with Crippen molar-refractivity contribution in [3.05, 3.63) is 69.8 Å². The Bertz CT molecular complexity index is 839. The lowest BCUT2D eigenvalue weighted by Crippen LogP contribution is -2.24. The van der Waals surface area contributed by atoms with Crippen molar-refractivity contribution in [3.63, 3.8) is 0 Å². The van der Waals surface area contributed by atoms with Crippen molar-refractivity contribution in [3.8, 4) is 0 Å². The molecule has 1 aliphatic carbocycles. The molecule has 2 aromatic rings. The summed E-state index contributed by atoms with van der Waals surface area (Å²) in [5.74, 6) is -0.889. The van der Waals surface area contributed by atoms with E-state index in [0.717, 1.165) is 5.56 Å². The zero-order chi connectivity index (χ0) is 18.2. The van der Waals surface area contributed by atoms with Crippen molar-refractivity contribution in [1.29, 1.82) is 0 Å². The summed E-state index contributed by atoms with van der Waals surface area (Å²) in [5.41, 5.74) is 8.37. The third-order valence-corrected chi connectivity index (χ3v) is 5.39. The van der Waals surface area contributed by atoms with Crippen LogP contribution >= 0.6 is 0 Å². The van der Waals surface area contributed by atoms with Gasteiger partial charge in [-0.15, -0.1) is 0 Å². The van der Waals surface area contributed by atoms with E-state index in [2.05, 4.69) is 45.9 Å². The van der Waals surface area contributed by atoms with Gasteiger partial charge in [0, 0.05) is 0 Å². The molecule has 2 heteroatoms. The summed E-state index contributed by atoms with van der Waals surface area (Å²) < 4.78 is 0. The van der Waals surface area contributed by atoms with Crippen LogP contribution in [-0.4, -0.2) is 11.1 Å². The number of carboxylic acids is 1. The topological polar surface area (TPSA) is 37.3 Å². The Morgan fingerprint density at radius 2 is 1.84 bits per heavy atom. The highest BCUT2D eigenvalue weighted by molar-refractivity contribution is 5.88. The van der Waals surface area contributed by atoms with Gasteiger partial charge < -0.3 is 5.11 Å². The van der Waals surface area contributed by atoms with E-state index in [4.69, 9.17) is 5.11 Å². The van der Waals surface area contributed by atoms with E-state index in [1.807, 2.05) is 12.1 Å². The largest absolute Gasteiger partial charge is 0.478 e. The van der Waals surface area contributed by atoms with E-state index >= 15 is 0 Å². The number of hydrogen-bond donors (Lipinski definition) is 1. The van der Waals surface area contributed by atoms with E-state index in [0.29, 0.717) is 5.56 Å². The molecule has 1 N–H and O–H groups in total. The number of carboxylic acid groups (broad SMARTS) is 1. The molecule has 0 heterocycles. The van der Waals surface area contributed by atoms with Crippen LogP contribution in [0.15, 0.2) is 36.4 Å². The third-order valence-electron chi connectivity index (χ3n) is 5.39.